The van der Waals surface area contributed by atoms with Crippen LogP contribution >= 0.6 is 35.3 Å². The van der Waals surface area contributed by atoms with E-state index in [9.17, 15) is 19.2 Å². The molecule has 58 heavy (non-hydrogen) atoms. The van der Waals surface area contributed by atoms with Gasteiger partial charge in [-0.15, -0.1) is 16.9 Å². The molecule has 13 nitrogen and oxygen atoms in total. The van der Waals surface area contributed by atoms with Crippen LogP contribution in [0, 0.1) is 0 Å². The van der Waals surface area contributed by atoms with Gasteiger partial charge in [0.15, 0.2) is 12.2 Å². The summed E-state index contributed by atoms with van der Waals surface area (Å²) in [5.74, 6) is -1.26. The van der Waals surface area contributed by atoms with Crippen molar-refractivity contribution in [2.75, 3.05) is 30.1 Å². The zero-order valence-electron chi connectivity index (χ0n) is 31.6. The van der Waals surface area contributed by atoms with Crippen LogP contribution in [0.1, 0.15) is 40.9 Å². The third-order valence-electron chi connectivity index (χ3n) is 9.47. The number of rotatable bonds is 17. The summed E-state index contributed by atoms with van der Waals surface area (Å²) in [6, 6.07) is 37.8. The van der Waals surface area contributed by atoms with Crippen LogP contribution in [0.3, 0.4) is 0 Å². The molecule has 298 valence electrons. The first-order valence-corrected chi connectivity index (χ1v) is 21.5. The average Bonchev–Trinajstić information content (AvgIpc) is 3.69. The molecule has 1 N–H and O–H groups in total. The third kappa shape index (κ3) is 8.99. The monoisotopic (exact) mass is 836 g/mol. The first-order chi connectivity index (χ1) is 28.3. The standard InChI is InChI=1S/C42H40N6O7S3/c1-47-41(44-45-46-47)58-26-32-25-57-40-42(53-2,39(52)48(40)35(32)38(51)55-37(30-19-11-5-12-20-30)31-21-13-6-14-22-31)43-33(49)27-56-24-23-34(50)54-36(28-15-7-3-8-16-28)29-17-9-4-10-18-29/h3-22,36-37,40H,23-27H2,1-2H3,(H,43,49)/t40-,42+/m1/s1. The Bertz CT molecular complexity index is 2170. The van der Waals surface area contributed by atoms with E-state index in [0.717, 1.165) is 22.3 Å². The van der Waals surface area contributed by atoms with Crippen molar-refractivity contribution < 1.29 is 33.4 Å². The molecule has 2 aliphatic heterocycles. The SMILES string of the molecule is CO[C@@]1(NC(=O)CSCCC(=O)OC(c2ccccc2)c2ccccc2)C(=O)N2C(C(=O)OC(c3ccccc3)c3ccccc3)=C(CSc3nnnn3C)CS[C@@H]21. The molecule has 0 unspecified atom stereocenters. The number of amides is 2. The van der Waals surface area contributed by atoms with Crippen molar-refractivity contribution in [3.05, 3.63) is 155 Å². The highest BCUT2D eigenvalue weighted by molar-refractivity contribution is 8.01. The summed E-state index contributed by atoms with van der Waals surface area (Å²) >= 11 is 3.93. The van der Waals surface area contributed by atoms with Gasteiger partial charge in [-0.2, -0.15) is 11.8 Å². The lowest BCUT2D eigenvalue weighted by molar-refractivity contribution is -0.192. The fraction of sp³-hybridized carbons (Fsp3) is 0.262. The third-order valence-corrected chi connectivity index (χ3v) is 12.9. The molecule has 1 saturated heterocycles. The maximum Gasteiger partial charge on any atom is 0.356 e. The van der Waals surface area contributed by atoms with E-state index in [4.69, 9.17) is 14.2 Å². The number of aromatic nitrogens is 4. The minimum absolute atomic E-state index is 0.0436. The van der Waals surface area contributed by atoms with E-state index in [1.165, 1.54) is 52.0 Å². The maximum atomic E-state index is 14.4. The lowest BCUT2D eigenvalue weighted by Gasteiger charge is -2.56. The van der Waals surface area contributed by atoms with Crippen molar-refractivity contribution in [3.8, 4) is 0 Å². The molecule has 0 aliphatic carbocycles. The van der Waals surface area contributed by atoms with Gasteiger partial charge in [0.2, 0.25) is 11.1 Å². The number of fused-ring (bicyclic) bond motifs is 1. The fourth-order valence-corrected chi connectivity index (χ4v) is 9.76. The molecule has 2 amide bonds. The molecule has 4 aromatic carbocycles. The molecule has 2 aliphatic rings. The molecule has 0 radical (unpaired) electrons. The normalized spacial score (nSPS) is 17.5. The van der Waals surface area contributed by atoms with Crippen LogP contribution in [-0.4, -0.2) is 90.1 Å². The molecule has 5 aromatic rings. The van der Waals surface area contributed by atoms with Crippen molar-refractivity contribution in [2.24, 2.45) is 7.05 Å². The number of carbonyl (C=O) groups is 4. The highest BCUT2D eigenvalue weighted by atomic mass is 32.2. The van der Waals surface area contributed by atoms with Crippen LogP contribution in [-0.2, 0) is 40.4 Å². The molecular formula is C42H40N6O7S3. The molecule has 0 bridgehead atoms. The van der Waals surface area contributed by atoms with Gasteiger partial charge in [0.05, 0.1) is 12.2 Å². The number of esters is 2. The second kappa shape index (κ2) is 18.9. The van der Waals surface area contributed by atoms with Crippen molar-refractivity contribution in [1.82, 2.24) is 30.4 Å². The van der Waals surface area contributed by atoms with E-state index >= 15 is 0 Å². The topological polar surface area (TPSA) is 155 Å². The maximum absolute atomic E-state index is 14.4. The summed E-state index contributed by atoms with van der Waals surface area (Å²) in [5.41, 5.74) is 2.24. The smallest absolute Gasteiger partial charge is 0.356 e. The molecule has 0 spiro atoms. The Morgan fingerprint density at radius 3 is 1.88 bits per heavy atom. The average molecular weight is 837 g/mol. The van der Waals surface area contributed by atoms with E-state index in [1.54, 1.807) is 7.05 Å². The van der Waals surface area contributed by atoms with Crippen LogP contribution in [0.4, 0.5) is 0 Å². The molecule has 3 heterocycles. The van der Waals surface area contributed by atoms with E-state index in [2.05, 4.69) is 20.8 Å². The summed E-state index contributed by atoms with van der Waals surface area (Å²) in [4.78, 5) is 56.4. The van der Waals surface area contributed by atoms with Crippen LogP contribution in [0.2, 0.25) is 0 Å². The van der Waals surface area contributed by atoms with Gasteiger partial charge in [-0.25, -0.2) is 9.48 Å². The molecular weight excluding hydrogens is 797 g/mol. The number of benzene rings is 4. The van der Waals surface area contributed by atoms with Crippen LogP contribution in [0.15, 0.2) is 138 Å². The van der Waals surface area contributed by atoms with E-state index < -0.39 is 47.1 Å². The zero-order chi connectivity index (χ0) is 40.5. The summed E-state index contributed by atoms with van der Waals surface area (Å²) in [6.45, 7) is 0. The quantitative estimate of drug-likeness (QED) is 0.0400. The summed E-state index contributed by atoms with van der Waals surface area (Å²) < 4.78 is 19.5. The van der Waals surface area contributed by atoms with Crippen LogP contribution in [0.25, 0.3) is 0 Å². The predicted octanol–water partition coefficient (Wildman–Crippen LogP) is 5.72. The second-order valence-corrected chi connectivity index (χ2v) is 16.4. The van der Waals surface area contributed by atoms with Gasteiger partial charge in [0.1, 0.15) is 11.1 Å². The largest absolute Gasteiger partial charge is 0.453 e. The number of hydrogen-bond acceptors (Lipinski definition) is 13. The van der Waals surface area contributed by atoms with Gasteiger partial charge in [-0.1, -0.05) is 133 Å². The Kier molecular flexibility index (Phi) is 13.3. The minimum Gasteiger partial charge on any atom is -0.453 e. The number of aryl methyl sites for hydroxylation is 1. The fourth-order valence-electron chi connectivity index (χ4n) is 6.62. The molecule has 1 aromatic heterocycles. The molecule has 16 heteroatoms. The predicted molar refractivity (Wildman–Crippen MR) is 221 cm³/mol. The summed E-state index contributed by atoms with van der Waals surface area (Å²) in [7, 11) is 3.07. The number of carbonyl (C=O) groups excluding carboxylic acids is 4. The number of nitrogens with one attached hydrogen (secondary N) is 1. The van der Waals surface area contributed by atoms with E-state index in [0.29, 0.717) is 28.0 Å². The lowest BCUT2D eigenvalue weighted by Crippen LogP contribution is -2.80. The van der Waals surface area contributed by atoms with Gasteiger partial charge in [-0.3, -0.25) is 19.3 Å². The van der Waals surface area contributed by atoms with Gasteiger partial charge in [0.25, 0.3) is 11.6 Å². The highest BCUT2D eigenvalue weighted by Gasteiger charge is 2.66. The van der Waals surface area contributed by atoms with Gasteiger partial charge in [-0.05, 0) is 38.3 Å². The number of ether oxygens (including phenoxy) is 3. The molecule has 7 rings (SSSR count). The Morgan fingerprint density at radius 2 is 1.38 bits per heavy atom. The summed E-state index contributed by atoms with van der Waals surface area (Å²) in [5, 5.41) is 14.2. The first kappa shape index (κ1) is 40.8. The second-order valence-electron chi connectivity index (χ2n) is 13.3. The van der Waals surface area contributed by atoms with Crippen molar-refractivity contribution >= 4 is 59.0 Å². The van der Waals surface area contributed by atoms with Crippen molar-refractivity contribution in [3.63, 3.8) is 0 Å². The molecule has 0 saturated carbocycles. The number of methoxy groups -OCH3 is 1. The van der Waals surface area contributed by atoms with Crippen molar-refractivity contribution in [1.29, 1.82) is 0 Å². The zero-order valence-corrected chi connectivity index (χ0v) is 34.1. The molecule has 2 atom stereocenters. The Hall–Kier alpha value is -5.42. The summed E-state index contributed by atoms with van der Waals surface area (Å²) in [6.07, 6.45) is -1.25. The van der Waals surface area contributed by atoms with Gasteiger partial charge in [0, 0.05) is 31.4 Å². The molecule has 1 fully saturated rings. The Balaban J connectivity index is 1.02. The van der Waals surface area contributed by atoms with E-state index in [1.807, 2.05) is 121 Å². The Labute approximate surface area is 348 Å². The number of nitrogens with zero attached hydrogens (tertiary/aromatic N) is 5. The number of tetrazole rings is 1. The lowest BCUT2D eigenvalue weighted by atomic mass is 9.98. The minimum atomic E-state index is -1.73. The van der Waals surface area contributed by atoms with Gasteiger partial charge < -0.3 is 19.5 Å². The number of β-lactam (4-membered cyclic amide) rings is 1. The highest BCUT2D eigenvalue weighted by Crippen LogP contribution is 2.48. The van der Waals surface area contributed by atoms with Crippen LogP contribution in [0.5, 0.6) is 0 Å². The Morgan fingerprint density at radius 1 is 0.845 bits per heavy atom. The van der Waals surface area contributed by atoms with Crippen LogP contribution < -0.4 is 5.32 Å². The first-order valence-electron chi connectivity index (χ1n) is 18.4. The number of hydrogen-bond donors (Lipinski definition) is 1. The van der Waals surface area contributed by atoms with Gasteiger partial charge >= 0.3 is 11.9 Å². The number of thioether (sulfide) groups is 3. The van der Waals surface area contributed by atoms with Crippen molar-refractivity contribution in [2.45, 2.75) is 34.9 Å². The van der Waals surface area contributed by atoms with E-state index in [-0.39, 0.29) is 17.9 Å².